The number of halogens is 1. The molecule has 3 aromatic rings. The summed E-state index contributed by atoms with van der Waals surface area (Å²) in [6.07, 6.45) is 0.122. The highest BCUT2D eigenvalue weighted by Gasteiger charge is 2.34. The van der Waals surface area contributed by atoms with Crippen molar-refractivity contribution >= 4 is 23.2 Å². The van der Waals surface area contributed by atoms with Crippen LogP contribution in [0.1, 0.15) is 38.8 Å². The number of nitrogens with zero attached hydrogens (tertiary/aromatic N) is 1. The van der Waals surface area contributed by atoms with Gasteiger partial charge < -0.3 is 10.2 Å². The van der Waals surface area contributed by atoms with Crippen molar-refractivity contribution in [2.45, 2.75) is 25.6 Å². The van der Waals surface area contributed by atoms with Gasteiger partial charge in [0.15, 0.2) is 0 Å². The van der Waals surface area contributed by atoms with Gasteiger partial charge in [0.05, 0.1) is 19.0 Å². The van der Waals surface area contributed by atoms with Crippen molar-refractivity contribution in [1.82, 2.24) is 10.2 Å². The molecule has 0 saturated carbocycles. The lowest BCUT2D eigenvalue weighted by Crippen LogP contribution is -2.34. The molecule has 4 nitrogen and oxygen atoms in total. The number of carbonyl (C=O) groups is 2. The fraction of sp³-hybridized carbons (Fsp3) is 0.182. The molecular weight excluding hydrogens is 375 g/mol. The first-order valence-electron chi connectivity index (χ1n) is 9.05. The highest BCUT2D eigenvalue weighted by atomic mass is 32.1. The normalized spacial score (nSPS) is 14.0. The van der Waals surface area contributed by atoms with Crippen molar-refractivity contribution in [1.29, 1.82) is 0 Å². The first kappa shape index (κ1) is 18.4. The van der Waals surface area contributed by atoms with Crippen LogP contribution in [0.5, 0.6) is 0 Å². The first-order valence-corrected chi connectivity index (χ1v) is 9.93. The summed E-state index contributed by atoms with van der Waals surface area (Å²) in [5.74, 6) is -0.594. The third kappa shape index (κ3) is 3.82. The molecule has 0 aliphatic carbocycles. The summed E-state index contributed by atoms with van der Waals surface area (Å²) in [6, 6.07) is 16.9. The van der Waals surface area contributed by atoms with Gasteiger partial charge in [-0.1, -0.05) is 36.4 Å². The second-order valence-corrected chi connectivity index (χ2v) is 7.75. The number of amides is 2. The largest absolute Gasteiger partial charge is 0.351 e. The summed E-state index contributed by atoms with van der Waals surface area (Å²) in [5.41, 5.74) is 2.35. The van der Waals surface area contributed by atoms with Crippen LogP contribution in [-0.4, -0.2) is 16.7 Å². The maximum atomic E-state index is 13.4. The zero-order chi connectivity index (χ0) is 19.5. The van der Waals surface area contributed by atoms with Gasteiger partial charge in [0, 0.05) is 17.0 Å². The summed E-state index contributed by atoms with van der Waals surface area (Å²) >= 11 is 1.58. The van der Waals surface area contributed by atoms with Gasteiger partial charge >= 0.3 is 0 Å². The third-order valence-electron chi connectivity index (χ3n) is 4.90. The van der Waals surface area contributed by atoms with E-state index in [0.717, 1.165) is 16.0 Å². The SMILES string of the molecule is O=C(C[C@@H](c1ccc(F)cc1)N1Cc2ccccc2C1=O)NCc1cccs1. The van der Waals surface area contributed by atoms with Crippen molar-refractivity contribution in [2.75, 3.05) is 0 Å². The van der Waals surface area contributed by atoms with Crippen LogP contribution < -0.4 is 5.32 Å². The molecule has 28 heavy (non-hydrogen) atoms. The van der Waals surface area contributed by atoms with E-state index in [0.29, 0.717) is 18.7 Å². The van der Waals surface area contributed by atoms with E-state index < -0.39 is 6.04 Å². The maximum absolute atomic E-state index is 13.4. The Morgan fingerprint density at radius 1 is 1.11 bits per heavy atom. The fourth-order valence-electron chi connectivity index (χ4n) is 3.47. The van der Waals surface area contributed by atoms with E-state index in [9.17, 15) is 14.0 Å². The molecular formula is C22H19FN2O2S. The molecule has 1 aliphatic rings. The minimum Gasteiger partial charge on any atom is -0.351 e. The molecule has 0 radical (unpaired) electrons. The molecule has 4 rings (SSSR count). The summed E-state index contributed by atoms with van der Waals surface area (Å²) in [6.45, 7) is 0.899. The van der Waals surface area contributed by atoms with Gasteiger partial charge in [-0.15, -0.1) is 11.3 Å². The predicted molar refractivity (Wildman–Crippen MR) is 106 cm³/mol. The average Bonchev–Trinajstić information content (AvgIpc) is 3.34. The minimum atomic E-state index is -0.455. The van der Waals surface area contributed by atoms with Crippen molar-refractivity contribution in [2.24, 2.45) is 0 Å². The molecule has 2 heterocycles. The zero-order valence-corrected chi connectivity index (χ0v) is 15.9. The van der Waals surface area contributed by atoms with Crippen molar-refractivity contribution in [3.05, 3.63) is 93.4 Å². The van der Waals surface area contributed by atoms with E-state index in [-0.39, 0.29) is 24.1 Å². The number of hydrogen-bond donors (Lipinski definition) is 1. The Balaban J connectivity index is 1.55. The van der Waals surface area contributed by atoms with Crippen LogP contribution in [0, 0.1) is 5.82 Å². The number of fused-ring (bicyclic) bond motifs is 1. The molecule has 1 aromatic heterocycles. The topological polar surface area (TPSA) is 49.4 Å². The fourth-order valence-corrected chi connectivity index (χ4v) is 4.11. The standard InChI is InChI=1S/C22H19FN2O2S/c23-17-9-7-15(8-10-17)20(12-21(26)24-13-18-5-3-11-28-18)25-14-16-4-1-2-6-19(16)22(25)27/h1-11,20H,12-14H2,(H,24,26)/t20-/m0/s1. The minimum absolute atomic E-state index is 0.101. The Morgan fingerprint density at radius 2 is 1.89 bits per heavy atom. The van der Waals surface area contributed by atoms with E-state index in [2.05, 4.69) is 5.32 Å². The Hall–Kier alpha value is -2.99. The van der Waals surface area contributed by atoms with Gasteiger partial charge in [-0.2, -0.15) is 0 Å². The van der Waals surface area contributed by atoms with E-state index in [1.807, 2.05) is 35.7 Å². The lowest BCUT2D eigenvalue weighted by molar-refractivity contribution is -0.122. The quantitative estimate of drug-likeness (QED) is 0.678. The molecule has 0 spiro atoms. The molecule has 6 heteroatoms. The number of hydrogen-bond acceptors (Lipinski definition) is 3. The van der Waals surface area contributed by atoms with Gasteiger partial charge in [-0.05, 0) is 40.8 Å². The predicted octanol–water partition coefficient (Wildman–Crippen LogP) is 4.29. The Bertz CT molecular complexity index is 986. The molecule has 0 fully saturated rings. The number of rotatable bonds is 6. The molecule has 1 N–H and O–H groups in total. The van der Waals surface area contributed by atoms with Crippen molar-refractivity contribution in [3.8, 4) is 0 Å². The van der Waals surface area contributed by atoms with Gasteiger partial charge in [0.1, 0.15) is 5.82 Å². The van der Waals surface area contributed by atoms with E-state index in [4.69, 9.17) is 0 Å². The van der Waals surface area contributed by atoms with Crippen LogP contribution in [0.2, 0.25) is 0 Å². The monoisotopic (exact) mass is 394 g/mol. The highest BCUT2D eigenvalue weighted by molar-refractivity contribution is 7.09. The smallest absolute Gasteiger partial charge is 0.255 e. The molecule has 0 saturated heterocycles. The number of nitrogens with one attached hydrogen (secondary N) is 1. The van der Waals surface area contributed by atoms with Crippen LogP contribution in [0.25, 0.3) is 0 Å². The average molecular weight is 394 g/mol. The number of thiophene rings is 1. The summed E-state index contributed by atoms with van der Waals surface area (Å²) in [7, 11) is 0. The van der Waals surface area contributed by atoms with Gasteiger partial charge in [0.2, 0.25) is 5.91 Å². The van der Waals surface area contributed by atoms with Crippen LogP contribution in [0.4, 0.5) is 4.39 Å². The Morgan fingerprint density at radius 3 is 2.61 bits per heavy atom. The highest BCUT2D eigenvalue weighted by Crippen LogP contribution is 2.33. The molecule has 142 valence electrons. The summed E-state index contributed by atoms with van der Waals surface area (Å²) in [5, 5.41) is 4.88. The van der Waals surface area contributed by atoms with E-state index in [1.165, 1.54) is 12.1 Å². The van der Waals surface area contributed by atoms with E-state index in [1.54, 1.807) is 34.4 Å². The Kier molecular flexibility index (Phi) is 5.21. The second-order valence-electron chi connectivity index (χ2n) is 6.72. The van der Waals surface area contributed by atoms with Crippen LogP contribution in [0.3, 0.4) is 0 Å². The lowest BCUT2D eigenvalue weighted by atomic mass is 10.0. The molecule has 0 unspecified atom stereocenters. The number of carbonyl (C=O) groups excluding carboxylic acids is 2. The third-order valence-corrected chi connectivity index (χ3v) is 5.78. The summed E-state index contributed by atoms with van der Waals surface area (Å²) in [4.78, 5) is 28.3. The van der Waals surface area contributed by atoms with E-state index >= 15 is 0 Å². The molecule has 1 aliphatic heterocycles. The molecule has 2 aromatic carbocycles. The summed E-state index contributed by atoms with van der Waals surface area (Å²) < 4.78 is 13.4. The van der Waals surface area contributed by atoms with Crippen LogP contribution >= 0.6 is 11.3 Å². The molecule has 2 amide bonds. The van der Waals surface area contributed by atoms with Gasteiger partial charge in [-0.25, -0.2) is 4.39 Å². The van der Waals surface area contributed by atoms with Crippen molar-refractivity contribution < 1.29 is 14.0 Å². The molecule has 0 bridgehead atoms. The van der Waals surface area contributed by atoms with Crippen LogP contribution in [-0.2, 0) is 17.9 Å². The second kappa shape index (κ2) is 7.94. The number of benzene rings is 2. The lowest BCUT2D eigenvalue weighted by Gasteiger charge is -2.28. The van der Waals surface area contributed by atoms with Gasteiger partial charge in [-0.3, -0.25) is 9.59 Å². The first-order chi connectivity index (χ1) is 13.6. The maximum Gasteiger partial charge on any atom is 0.255 e. The zero-order valence-electron chi connectivity index (χ0n) is 15.1. The van der Waals surface area contributed by atoms with Crippen molar-refractivity contribution in [3.63, 3.8) is 0 Å². The van der Waals surface area contributed by atoms with Crippen LogP contribution in [0.15, 0.2) is 66.0 Å². The van der Waals surface area contributed by atoms with Gasteiger partial charge in [0.25, 0.3) is 5.91 Å². The molecule has 1 atom stereocenters. The Labute approximate surface area is 166 Å².